The van der Waals surface area contributed by atoms with Crippen LogP contribution >= 0.6 is 11.6 Å². The lowest BCUT2D eigenvalue weighted by atomic mass is 10.1. The minimum Gasteiger partial charge on any atom is -0.450 e. The van der Waals surface area contributed by atoms with Crippen LogP contribution in [0, 0.1) is 10.1 Å². The molecule has 0 amide bonds. The van der Waals surface area contributed by atoms with Crippen LogP contribution in [0.2, 0.25) is 5.02 Å². The van der Waals surface area contributed by atoms with Gasteiger partial charge in [-0.1, -0.05) is 30.7 Å². The van der Waals surface area contributed by atoms with Crippen molar-refractivity contribution < 1.29 is 14.8 Å². The van der Waals surface area contributed by atoms with Crippen molar-refractivity contribution >= 4 is 17.3 Å². The van der Waals surface area contributed by atoms with Crippen LogP contribution in [-0.4, -0.2) is 10.0 Å². The number of ether oxygens (including phenoxy) is 1. The van der Waals surface area contributed by atoms with Crippen LogP contribution in [0.4, 0.5) is 5.69 Å². The predicted octanol–water partition coefficient (Wildman–Crippen LogP) is 4.10. The first-order valence-electron chi connectivity index (χ1n) is 6.40. The molecule has 0 bridgehead atoms. The molecule has 0 atom stereocenters. The van der Waals surface area contributed by atoms with Gasteiger partial charge in [0.25, 0.3) is 0 Å². The third-order valence-electron chi connectivity index (χ3n) is 3.08. The molecule has 0 saturated heterocycles. The second-order valence-corrected chi connectivity index (χ2v) is 4.80. The molecule has 6 heteroatoms. The van der Waals surface area contributed by atoms with Gasteiger partial charge < -0.3 is 9.84 Å². The first kappa shape index (κ1) is 15.3. The topological polar surface area (TPSA) is 72.6 Å². The molecule has 0 spiro atoms. The van der Waals surface area contributed by atoms with Crippen LogP contribution in [-0.2, 0) is 13.0 Å². The summed E-state index contributed by atoms with van der Waals surface area (Å²) in [6.07, 6.45) is 0.695. The van der Waals surface area contributed by atoms with Crippen LogP contribution < -0.4 is 4.74 Å². The zero-order valence-electron chi connectivity index (χ0n) is 11.4. The zero-order valence-corrected chi connectivity index (χ0v) is 12.1. The number of nitro benzene ring substituents is 1. The molecule has 0 unspecified atom stereocenters. The lowest BCUT2D eigenvalue weighted by Gasteiger charge is -2.11. The van der Waals surface area contributed by atoms with Gasteiger partial charge in [0.05, 0.1) is 11.5 Å². The number of aryl methyl sites for hydroxylation is 1. The van der Waals surface area contributed by atoms with Gasteiger partial charge in [0.2, 0.25) is 5.75 Å². The van der Waals surface area contributed by atoms with Gasteiger partial charge in [-0.25, -0.2) is 0 Å². The van der Waals surface area contributed by atoms with Gasteiger partial charge in [-0.2, -0.15) is 0 Å². The van der Waals surface area contributed by atoms with E-state index in [1.807, 2.05) is 6.92 Å². The van der Waals surface area contributed by atoms with Gasteiger partial charge in [0.15, 0.2) is 0 Å². The van der Waals surface area contributed by atoms with Gasteiger partial charge in [0, 0.05) is 16.7 Å². The molecule has 2 aromatic carbocycles. The van der Waals surface area contributed by atoms with Crippen molar-refractivity contribution in [1.82, 2.24) is 0 Å². The number of aliphatic hydroxyl groups is 1. The fraction of sp³-hybridized carbons (Fsp3) is 0.200. The maximum atomic E-state index is 11.2. The quantitative estimate of drug-likeness (QED) is 0.667. The van der Waals surface area contributed by atoms with Crippen molar-refractivity contribution in [2.45, 2.75) is 20.0 Å². The second-order valence-electron chi connectivity index (χ2n) is 4.39. The summed E-state index contributed by atoms with van der Waals surface area (Å²) < 4.78 is 5.59. The van der Waals surface area contributed by atoms with E-state index >= 15 is 0 Å². The number of nitrogens with zero attached hydrogens (tertiary/aromatic N) is 1. The summed E-state index contributed by atoms with van der Waals surface area (Å²) in [5.74, 6) is 0.423. The number of nitro groups is 1. The van der Waals surface area contributed by atoms with Crippen molar-refractivity contribution in [3.63, 3.8) is 0 Å². The molecule has 21 heavy (non-hydrogen) atoms. The second kappa shape index (κ2) is 6.56. The molecule has 0 heterocycles. The molecule has 0 saturated carbocycles. The summed E-state index contributed by atoms with van der Waals surface area (Å²) in [4.78, 5) is 10.7. The SMILES string of the molecule is CCc1ccc(Oc2cccc(Cl)c2CO)c([N+](=O)[O-])c1. The molecule has 0 fully saturated rings. The van der Waals surface area contributed by atoms with E-state index in [-0.39, 0.29) is 18.0 Å². The summed E-state index contributed by atoms with van der Waals surface area (Å²) in [5.41, 5.74) is 1.13. The summed E-state index contributed by atoms with van der Waals surface area (Å²) in [6, 6.07) is 9.69. The van der Waals surface area contributed by atoms with E-state index < -0.39 is 4.92 Å². The van der Waals surface area contributed by atoms with Crippen LogP contribution in [0.5, 0.6) is 11.5 Å². The normalized spacial score (nSPS) is 10.4. The number of hydrogen-bond acceptors (Lipinski definition) is 4. The van der Waals surface area contributed by atoms with Crippen molar-refractivity contribution in [2.24, 2.45) is 0 Å². The molecule has 110 valence electrons. The molecule has 2 aromatic rings. The molecule has 0 aliphatic rings. The minimum absolute atomic E-state index is 0.113. The Kier molecular flexibility index (Phi) is 4.77. The number of hydrogen-bond donors (Lipinski definition) is 1. The Labute approximate surface area is 126 Å². The van der Waals surface area contributed by atoms with E-state index in [9.17, 15) is 15.2 Å². The average molecular weight is 308 g/mol. The molecule has 0 aromatic heterocycles. The van der Waals surface area contributed by atoms with Gasteiger partial charge in [-0.3, -0.25) is 10.1 Å². The highest BCUT2D eigenvalue weighted by Crippen LogP contribution is 2.35. The van der Waals surface area contributed by atoms with Gasteiger partial charge in [0.1, 0.15) is 5.75 Å². The first-order chi connectivity index (χ1) is 10.1. The summed E-state index contributed by atoms with van der Waals surface area (Å²) in [7, 11) is 0. The summed E-state index contributed by atoms with van der Waals surface area (Å²) >= 11 is 5.97. The summed E-state index contributed by atoms with van der Waals surface area (Å²) in [5, 5.41) is 20.8. The zero-order chi connectivity index (χ0) is 15.4. The van der Waals surface area contributed by atoms with Crippen LogP contribution in [0.15, 0.2) is 36.4 Å². The lowest BCUT2D eigenvalue weighted by Crippen LogP contribution is -1.97. The van der Waals surface area contributed by atoms with Gasteiger partial charge >= 0.3 is 5.69 Å². The molecule has 0 aliphatic carbocycles. The van der Waals surface area contributed by atoms with E-state index in [1.54, 1.807) is 30.3 Å². The summed E-state index contributed by atoms with van der Waals surface area (Å²) in [6.45, 7) is 1.61. The predicted molar refractivity (Wildman–Crippen MR) is 79.9 cm³/mol. The van der Waals surface area contributed by atoms with Crippen molar-refractivity contribution in [3.05, 3.63) is 62.7 Å². The first-order valence-corrected chi connectivity index (χ1v) is 6.78. The molecule has 5 nitrogen and oxygen atoms in total. The molecule has 1 N–H and O–H groups in total. The molecule has 0 radical (unpaired) electrons. The molecular weight excluding hydrogens is 294 g/mol. The van der Waals surface area contributed by atoms with Crippen molar-refractivity contribution in [1.29, 1.82) is 0 Å². The highest BCUT2D eigenvalue weighted by atomic mass is 35.5. The van der Waals surface area contributed by atoms with E-state index in [2.05, 4.69) is 0 Å². The van der Waals surface area contributed by atoms with Crippen LogP contribution in [0.3, 0.4) is 0 Å². The average Bonchev–Trinajstić information content (AvgIpc) is 2.47. The molecule has 0 aliphatic heterocycles. The minimum atomic E-state index is -0.488. The Morgan fingerprint density at radius 1 is 1.29 bits per heavy atom. The Balaban J connectivity index is 2.44. The number of aliphatic hydroxyl groups excluding tert-OH is 1. The van der Waals surface area contributed by atoms with Crippen molar-refractivity contribution in [3.8, 4) is 11.5 Å². The number of benzene rings is 2. The fourth-order valence-electron chi connectivity index (χ4n) is 1.92. The van der Waals surface area contributed by atoms with E-state index in [0.717, 1.165) is 5.56 Å². The van der Waals surface area contributed by atoms with Crippen LogP contribution in [0.1, 0.15) is 18.1 Å². The molecule has 2 rings (SSSR count). The van der Waals surface area contributed by atoms with Gasteiger partial charge in [-0.15, -0.1) is 0 Å². The fourth-order valence-corrected chi connectivity index (χ4v) is 2.14. The molecular formula is C15H14ClNO4. The van der Waals surface area contributed by atoms with Crippen molar-refractivity contribution in [2.75, 3.05) is 0 Å². The lowest BCUT2D eigenvalue weighted by molar-refractivity contribution is -0.385. The Morgan fingerprint density at radius 2 is 2.05 bits per heavy atom. The smallest absolute Gasteiger partial charge is 0.311 e. The maximum Gasteiger partial charge on any atom is 0.311 e. The highest BCUT2D eigenvalue weighted by molar-refractivity contribution is 6.31. The maximum absolute atomic E-state index is 11.2. The number of rotatable bonds is 5. The highest BCUT2D eigenvalue weighted by Gasteiger charge is 2.18. The third-order valence-corrected chi connectivity index (χ3v) is 3.44. The largest absolute Gasteiger partial charge is 0.450 e. The van der Waals surface area contributed by atoms with E-state index in [0.29, 0.717) is 22.8 Å². The van der Waals surface area contributed by atoms with E-state index in [4.69, 9.17) is 16.3 Å². The van der Waals surface area contributed by atoms with Gasteiger partial charge in [-0.05, 0) is 30.2 Å². The number of halogens is 1. The van der Waals surface area contributed by atoms with Crippen LogP contribution in [0.25, 0.3) is 0 Å². The third kappa shape index (κ3) is 3.32. The Bertz CT molecular complexity index is 673. The monoisotopic (exact) mass is 307 g/mol. The Hall–Kier alpha value is -2.11. The van der Waals surface area contributed by atoms with E-state index in [1.165, 1.54) is 6.07 Å². The standard InChI is InChI=1S/C15H14ClNO4/c1-2-10-6-7-15(13(8-10)17(19)20)21-14-5-3-4-12(16)11(14)9-18/h3-8,18H,2,9H2,1H3. The Morgan fingerprint density at radius 3 is 2.67 bits per heavy atom.